The van der Waals surface area contributed by atoms with E-state index in [1.807, 2.05) is 24.3 Å². The van der Waals surface area contributed by atoms with Gasteiger partial charge in [0.25, 0.3) is 5.91 Å². The summed E-state index contributed by atoms with van der Waals surface area (Å²) in [7, 11) is 0. The monoisotopic (exact) mass is 357 g/mol. The highest BCUT2D eigenvalue weighted by atomic mass is 16.1. The minimum Gasteiger partial charge on any atom is -0.352 e. The number of nitrogens with zero attached hydrogens (tertiary/aromatic N) is 2. The molecule has 0 atom stereocenters. The molecule has 27 heavy (non-hydrogen) atoms. The number of para-hydroxylation sites is 1. The number of fused-ring (bicyclic) bond motifs is 1. The molecule has 4 heteroatoms. The topological polar surface area (TPSA) is 45.2 Å². The number of amides is 1. The summed E-state index contributed by atoms with van der Waals surface area (Å²) >= 11 is 0. The van der Waals surface area contributed by atoms with Gasteiger partial charge in [-0.3, -0.25) is 4.79 Å². The standard InChI is InChI=1S/C23H23N3O/c27-23(25-14-12-18-7-2-1-3-8-18)20-13-15-24-22(17-20)26-16-6-10-19-9-4-5-11-21(19)26/h1-5,7-9,11,13,15,17H,6,10,12,14,16H2,(H,25,27). The van der Waals surface area contributed by atoms with Crippen LogP contribution in [0.3, 0.4) is 0 Å². The van der Waals surface area contributed by atoms with Crippen molar-refractivity contribution in [1.29, 1.82) is 0 Å². The molecular formula is C23H23N3O. The fourth-order valence-electron chi connectivity index (χ4n) is 3.55. The first-order valence-electron chi connectivity index (χ1n) is 9.45. The van der Waals surface area contributed by atoms with Crippen LogP contribution in [-0.2, 0) is 12.8 Å². The molecule has 4 nitrogen and oxygen atoms in total. The summed E-state index contributed by atoms with van der Waals surface area (Å²) in [6.07, 6.45) is 4.72. The van der Waals surface area contributed by atoms with E-state index in [-0.39, 0.29) is 5.91 Å². The van der Waals surface area contributed by atoms with Gasteiger partial charge < -0.3 is 10.2 Å². The summed E-state index contributed by atoms with van der Waals surface area (Å²) < 4.78 is 0. The highest BCUT2D eigenvalue weighted by molar-refractivity contribution is 5.95. The van der Waals surface area contributed by atoms with Crippen molar-refractivity contribution in [2.75, 3.05) is 18.0 Å². The maximum atomic E-state index is 12.6. The van der Waals surface area contributed by atoms with Crippen molar-refractivity contribution in [3.05, 3.63) is 89.6 Å². The van der Waals surface area contributed by atoms with E-state index in [9.17, 15) is 4.79 Å². The first kappa shape index (κ1) is 17.3. The number of anilines is 2. The van der Waals surface area contributed by atoms with Gasteiger partial charge >= 0.3 is 0 Å². The van der Waals surface area contributed by atoms with E-state index < -0.39 is 0 Å². The molecule has 0 aliphatic carbocycles. The minimum atomic E-state index is -0.0557. The van der Waals surface area contributed by atoms with E-state index in [1.165, 1.54) is 16.8 Å². The Labute approximate surface area is 159 Å². The van der Waals surface area contributed by atoms with Crippen LogP contribution in [-0.4, -0.2) is 24.0 Å². The van der Waals surface area contributed by atoms with Gasteiger partial charge in [-0.15, -0.1) is 0 Å². The number of hydrogen-bond donors (Lipinski definition) is 1. The average molecular weight is 357 g/mol. The van der Waals surface area contributed by atoms with Crippen molar-refractivity contribution in [2.24, 2.45) is 0 Å². The number of rotatable bonds is 5. The predicted octanol–water partition coefficient (Wildman–Crippen LogP) is 4.14. The summed E-state index contributed by atoms with van der Waals surface area (Å²) in [5.41, 5.74) is 4.40. The Morgan fingerprint density at radius 1 is 1.04 bits per heavy atom. The molecule has 4 rings (SSSR count). The van der Waals surface area contributed by atoms with Gasteiger partial charge in [-0.2, -0.15) is 0 Å². The third-order valence-electron chi connectivity index (χ3n) is 4.94. The molecule has 0 saturated carbocycles. The van der Waals surface area contributed by atoms with Crippen LogP contribution in [0.1, 0.15) is 27.9 Å². The number of nitrogens with one attached hydrogen (secondary N) is 1. The Bertz CT molecular complexity index is 924. The number of benzene rings is 2. The molecule has 0 unspecified atom stereocenters. The number of aryl methyl sites for hydroxylation is 1. The van der Waals surface area contributed by atoms with Crippen LogP contribution in [0.5, 0.6) is 0 Å². The van der Waals surface area contributed by atoms with E-state index >= 15 is 0 Å². The lowest BCUT2D eigenvalue weighted by molar-refractivity contribution is 0.0954. The van der Waals surface area contributed by atoms with Gasteiger partial charge in [0.05, 0.1) is 0 Å². The zero-order valence-electron chi connectivity index (χ0n) is 15.3. The smallest absolute Gasteiger partial charge is 0.251 e. The minimum absolute atomic E-state index is 0.0557. The molecule has 0 fully saturated rings. The number of hydrogen-bond acceptors (Lipinski definition) is 3. The van der Waals surface area contributed by atoms with Crippen LogP contribution in [0.4, 0.5) is 11.5 Å². The van der Waals surface area contributed by atoms with E-state index in [2.05, 4.69) is 51.6 Å². The molecule has 2 aromatic carbocycles. The normalized spacial score (nSPS) is 13.1. The second-order valence-corrected chi connectivity index (χ2v) is 6.78. The summed E-state index contributed by atoms with van der Waals surface area (Å²) in [5.74, 6) is 0.776. The molecule has 0 spiro atoms. The van der Waals surface area contributed by atoms with E-state index in [4.69, 9.17) is 0 Å². The van der Waals surface area contributed by atoms with Crippen LogP contribution in [0.25, 0.3) is 0 Å². The Hall–Kier alpha value is -3.14. The molecule has 1 N–H and O–H groups in total. The van der Waals surface area contributed by atoms with Gasteiger partial charge in [0, 0.05) is 30.5 Å². The number of pyridine rings is 1. The maximum absolute atomic E-state index is 12.6. The molecule has 1 aliphatic heterocycles. The largest absolute Gasteiger partial charge is 0.352 e. The predicted molar refractivity (Wildman–Crippen MR) is 108 cm³/mol. The first-order chi connectivity index (χ1) is 13.3. The van der Waals surface area contributed by atoms with Gasteiger partial charge in [0.1, 0.15) is 5.82 Å². The summed E-state index contributed by atoms with van der Waals surface area (Å²) in [5, 5.41) is 3.01. The molecule has 1 aliphatic rings. The van der Waals surface area contributed by atoms with Crippen molar-refractivity contribution in [1.82, 2.24) is 10.3 Å². The maximum Gasteiger partial charge on any atom is 0.251 e. The number of carbonyl (C=O) groups is 1. The molecule has 0 saturated heterocycles. The molecule has 2 heterocycles. The van der Waals surface area contributed by atoms with Crippen LogP contribution >= 0.6 is 0 Å². The SMILES string of the molecule is O=C(NCCc1ccccc1)c1ccnc(N2CCCc3ccccc32)c1. The second kappa shape index (κ2) is 8.04. The molecule has 136 valence electrons. The summed E-state index contributed by atoms with van der Waals surface area (Å²) in [4.78, 5) is 19.3. The molecule has 0 radical (unpaired) electrons. The van der Waals surface area contributed by atoms with Crippen molar-refractivity contribution in [3.63, 3.8) is 0 Å². The Morgan fingerprint density at radius 2 is 1.85 bits per heavy atom. The Morgan fingerprint density at radius 3 is 2.74 bits per heavy atom. The third kappa shape index (κ3) is 4.00. The molecule has 3 aromatic rings. The fourth-order valence-corrected chi connectivity index (χ4v) is 3.55. The second-order valence-electron chi connectivity index (χ2n) is 6.78. The molecular weight excluding hydrogens is 334 g/mol. The zero-order chi connectivity index (χ0) is 18.5. The van der Waals surface area contributed by atoms with Gasteiger partial charge in [-0.25, -0.2) is 4.98 Å². The lowest BCUT2D eigenvalue weighted by Gasteiger charge is -2.30. The number of carbonyl (C=O) groups excluding carboxylic acids is 1. The first-order valence-corrected chi connectivity index (χ1v) is 9.45. The van der Waals surface area contributed by atoms with Gasteiger partial charge in [-0.05, 0) is 48.6 Å². The third-order valence-corrected chi connectivity index (χ3v) is 4.94. The van der Waals surface area contributed by atoms with Crippen LogP contribution in [0.2, 0.25) is 0 Å². The lowest BCUT2D eigenvalue weighted by atomic mass is 10.0. The lowest BCUT2D eigenvalue weighted by Crippen LogP contribution is -2.27. The van der Waals surface area contributed by atoms with Crippen molar-refractivity contribution in [2.45, 2.75) is 19.3 Å². The Balaban J connectivity index is 1.46. The van der Waals surface area contributed by atoms with Crippen molar-refractivity contribution < 1.29 is 4.79 Å². The highest BCUT2D eigenvalue weighted by Gasteiger charge is 2.19. The van der Waals surface area contributed by atoms with Crippen molar-refractivity contribution in [3.8, 4) is 0 Å². The average Bonchev–Trinajstić information content (AvgIpc) is 2.74. The van der Waals surface area contributed by atoms with Crippen molar-refractivity contribution >= 4 is 17.4 Å². The van der Waals surface area contributed by atoms with Gasteiger partial charge in [0.2, 0.25) is 0 Å². The molecule has 1 aromatic heterocycles. The summed E-state index contributed by atoms with van der Waals surface area (Å²) in [6, 6.07) is 22.3. The quantitative estimate of drug-likeness (QED) is 0.746. The van der Waals surface area contributed by atoms with E-state index in [1.54, 1.807) is 12.3 Å². The Kier molecular flexibility index (Phi) is 5.15. The van der Waals surface area contributed by atoms with E-state index in [0.29, 0.717) is 12.1 Å². The van der Waals surface area contributed by atoms with Crippen LogP contribution < -0.4 is 10.2 Å². The van der Waals surface area contributed by atoms with Crippen LogP contribution in [0, 0.1) is 0 Å². The number of aromatic nitrogens is 1. The summed E-state index contributed by atoms with van der Waals surface area (Å²) in [6.45, 7) is 1.54. The molecule has 1 amide bonds. The van der Waals surface area contributed by atoms with Gasteiger partial charge in [-0.1, -0.05) is 48.5 Å². The molecule has 0 bridgehead atoms. The zero-order valence-corrected chi connectivity index (χ0v) is 15.3. The van der Waals surface area contributed by atoms with Crippen LogP contribution in [0.15, 0.2) is 72.9 Å². The highest BCUT2D eigenvalue weighted by Crippen LogP contribution is 2.32. The van der Waals surface area contributed by atoms with Gasteiger partial charge in [0.15, 0.2) is 0 Å². The fraction of sp³-hybridized carbons (Fsp3) is 0.217. The van der Waals surface area contributed by atoms with E-state index in [0.717, 1.165) is 31.6 Å².